The molecule has 0 aliphatic carbocycles. The number of nitrogens with zero attached hydrogens (tertiary/aromatic N) is 1. The van der Waals surface area contributed by atoms with Crippen molar-refractivity contribution in [1.29, 1.82) is 0 Å². The molecule has 3 N–H and O–H groups in total. The highest BCUT2D eigenvalue weighted by Gasteiger charge is 2.22. The standard InChI is InChI=1S/C12H12N2O3/c1-6-3-4-7(2)8(5-6)9-10(12(15)16)14-17-11(9)13/h3-5H,13H2,1-2H3,(H,15,16). The first-order chi connectivity index (χ1) is 8.00. The number of hydrogen-bond acceptors (Lipinski definition) is 4. The summed E-state index contributed by atoms with van der Waals surface area (Å²) >= 11 is 0. The summed E-state index contributed by atoms with van der Waals surface area (Å²) in [4.78, 5) is 11.0. The van der Waals surface area contributed by atoms with Crippen molar-refractivity contribution in [3.8, 4) is 11.1 Å². The molecular weight excluding hydrogens is 220 g/mol. The molecule has 0 atom stereocenters. The number of benzene rings is 1. The van der Waals surface area contributed by atoms with Gasteiger partial charge in [0.1, 0.15) is 0 Å². The monoisotopic (exact) mass is 232 g/mol. The zero-order valence-electron chi connectivity index (χ0n) is 9.52. The van der Waals surface area contributed by atoms with Gasteiger partial charge < -0.3 is 15.4 Å². The average Bonchev–Trinajstić information content (AvgIpc) is 2.64. The number of nitrogen functional groups attached to an aromatic ring is 1. The molecule has 0 saturated carbocycles. The van der Waals surface area contributed by atoms with Gasteiger partial charge in [-0.25, -0.2) is 4.79 Å². The molecule has 1 aromatic carbocycles. The molecule has 5 nitrogen and oxygen atoms in total. The van der Waals surface area contributed by atoms with Crippen LogP contribution in [0, 0.1) is 13.8 Å². The van der Waals surface area contributed by atoms with Gasteiger partial charge in [0.15, 0.2) is 0 Å². The van der Waals surface area contributed by atoms with E-state index in [0.29, 0.717) is 5.56 Å². The van der Waals surface area contributed by atoms with Crippen molar-refractivity contribution in [2.45, 2.75) is 13.8 Å². The molecule has 0 amide bonds. The van der Waals surface area contributed by atoms with Crippen LogP contribution in [-0.4, -0.2) is 16.2 Å². The summed E-state index contributed by atoms with van der Waals surface area (Å²) in [6.07, 6.45) is 0. The van der Waals surface area contributed by atoms with Crippen molar-refractivity contribution in [1.82, 2.24) is 5.16 Å². The summed E-state index contributed by atoms with van der Waals surface area (Å²) in [5, 5.41) is 12.5. The van der Waals surface area contributed by atoms with Gasteiger partial charge in [0.05, 0.1) is 5.56 Å². The van der Waals surface area contributed by atoms with E-state index in [4.69, 9.17) is 15.4 Å². The lowest BCUT2D eigenvalue weighted by Crippen LogP contribution is -2.00. The van der Waals surface area contributed by atoms with Crippen molar-refractivity contribution in [3.63, 3.8) is 0 Å². The SMILES string of the molecule is Cc1ccc(C)c(-c2c(C(=O)O)noc2N)c1. The number of carbonyl (C=O) groups is 1. The first-order valence-electron chi connectivity index (χ1n) is 5.06. The molecule has 1 aromatic heterocycles. The molecule has 0 bridgehead atoms. The van der Waals surface area contributed by atoms with Crippen LogP contribution in [0.15, 0.2) is 22.7 Å². The molecule has 0 spiro atoms. The molecule has 0 fully saturated rings. The molecule has 0 aliphatic heterocycles. The predicted molar refractivity (Wildman–Crippen MR) is 62.8 cm³/mol. The maximum atomic E-state index is 11.0. The molecule has 2 aromatic rings. The van der Waals surface area contributed by atoms with Gasteiger partial charge in [0.25, 0.3) is 0 Å². The minimum atomic E-state index is -1.15. The number of rotatable bonds is 2. The second kappa shape index (κ2) is 3.93. The fourth-order valence-corrected chi connectivity index (χ4v) is 1.71. The van der Waals surface area contributed by atoms with Crippen LogP contribution in [0.1, 0.15) is 21.6 Å². The Morgan fingerprint density at radius 2 is 2.12 bits per heavy atom. The summed E-state index contributed by atoms with van der Waals surface area (Å²) in [6.45, 7) is 3.81. The average molecular weight is 232 g/mol. The van der Waals surface area contributed by atoms with Crippen LogP contribution in [0.25, 0.3) is 11.1 Å². The third-order valence-electron chi connectivity index (χ3n) is 2.58. The zero-order valence-corrected chi connectivity index (χ0v) is 9.52. The van der Waals surface area contributed by atoms with E-state index >= 15 is 0 Å². The molecule has 0 saturated heterocycles. The van der Waals surface area contributed by atoms with Crippen LogP contribution in [-0.2, 0) is 0 Å². The molecule has 88 valence electrons. The van der Waals surface area contributed by atoms with Gasteiger partial charge >= 0.3 is 5.97 Å². The van der Waals surface area contributed by atoms with Crippen LogP contribution in [0.5, 0.6) is 0 Å². The van der Waals surface area contributed by atoms with E-state index in [0.717, 1.165) is 16.7 Å². The van der Waals surface area contributed by atoms with Gasteiger partial charge in [-0.3, -0.25) is 0 Å². The number of carboxylic acids is 1. The Bertz CT molecular complexity index is 587. The Balaban J connectivity index is 2.71. The van der Waals surface area contributed by atoms with Crippen molar-refractivity contribution in [3.05, 3.63) is 35.0 Å². The molecular formula is C12H12N2O3. The fourth-order valence-electron chi connectivity index (χ4n) is 1.71. The van der Waals surface area contributed by atoms with E-state index in [1.807, 2.05) is 32.0 Å². The normalized spacial score (nSPS) is 10.5. The lowest BCUT2D eigenvalue weighted by atomic mass is 9.98. The second-order valence-electron chi connectivity index (χ2n) is 3.89. The summed E-state index contributed by atoms with van der Waals surface area (Å²) < 4.78 is 4.75. The third-order valence-corrected chi connectivity index (χ3v) is 2.58. The number of nitrogens with two attached hydrogens (primary N) is 1. The summed E-state index contributed by atoms with van der Waals surface area (Å²) in [5.74, 6) is -1.13. The number of carboxylic acid groups (broad SMARTS) is 1. The highest BCUT2D eigenvalue weighted by atomic mass is 16.5. The maximum absolute atomic E-state index is 11.0. The highest BCUT2D eigenvalue weighted by molar-refractivity contribution is 5.97. The first kappa shape index (κ1) is 11.2. The molecule has 0 unspecified atom stereocenters. The Kier molecular flexibility index (Phi) is 2.59. The van der Waals surface area contributed by atoms with E-state index in [1.54, 1.807) is 0 Å². The van der Waals surface area contributed by atoms with Gasteiger partial charge in [0.2, 0.25) is 11.6 Å². The van der Waals surface area contributed by atoms with Gasteiger partial charge in [-0.05, 0) is 25.0 Å². The Morgan fingerprint density at radius 3 is 2.76 bits per heavy atom. The Morgan fingerprint density at radius 1 is 1.41 bits per heavy atom. The lowest BCUT2D eigenvalue weighted by Gasteiger charge is -2.05. The van der Waals surface area contributed by atoms with Crippen LogP contribution in [0.2, 0.25) is 0 Å². The molecule has 2 rings (SSSR count). The zero-order chi connectivity index (χ0) is 12.6. The molecule has 17 heavy (non-hydrogen) atoms. The summed E-state index contributed by atoms with van der Waals surface area (Å²) in [6, 6.07) is 5.72. The molecule has 0 radical (unpaired) electrons. The number of hydrogen-bond donors (Lipinski definition) is 2. The van der Waals surface area contributed by atoms with Gasteiger partial charge in [0, 0.05) is 0 Å². The fraction of sp³-hybridized carbons (Fsp3) is 0.167. The molecule has 1 heterocycles. The van der Waals surface area contributed by atoms with Crippen LogP contribution in [0.3, 0.4) is 0 Å². The second-order valence-corrected chi connectivity index (χ2v) is 3.89. The topological polar surface area (TPSA) is 89.3 Å². The van der Waals surface area contributed by atoms with Gasteiger partial charge in [-0.2, -0.15) is 0 Å². The highest BCUT2D eigenvalue weighted by Crippen LogP contribution is 2.32. The first-order valence-corrected chi connectivity index (χ1v) is 5.06. The van der Waals surface area contributed by atoms with Crippen LogP contribution in [0.4, 0.5) is 5.88 Å². The number of aryl methyl sites for hydroxylation is 2. The van der Waals surface area contributed by atoms with E-state index in [1.165, 1.54) is 0 Å². The molecule has 0 aliphatic rings. The van der Waals surface area contributed by atoms with E-state index in [-0.39, 0.29) is 11.6 Å². The van der Waals surface area contributed by atoms with E-state index < -0.39 is 5.97 Å². The minimum Gasteiger partial charge on any atom is -0.476 e. The van der Waals surface area contributed by atoms with Gasteiger partial charge in [-0.1, -0.05) is 28.9 Å². The Hall–Kier alpha value is -2.30. The third kappa shape index (κ3) is 1.87. The largest absolute Gasteiger partial charge is 0.476 e. The van der Waals surface area contributed by atoms with Crippen molar-refractivity contribution >= 4 is 11.9 Å². The van der Waals surface area contributed by atoms with E-state index in [2.05, 4.69) is 5.16 Å². The van der Waals surface area contributed by atoms with E-state index in [9.17, 15) is 4.79 Å². The molecule has 5 heteroatoms. The Labute approximate surface area is 97.8 Å². The maximum Gasteiger partial charge on any atom is 0.358 e. The minimum absolute atomic E-state index is 0.0242. The van der Waals surface area contributed by atoms with Crippen molar-refractivity contribution in [2.75, 3.05) is 5.73 Å². The van der Waals surface area contributed by atoms with Crippen molar-refractivity contribution < 1.29 is 14.4 Å². The number of aromatic carboxylic acids is 1. The number of aromatic nitrogens is 1. The van der Waals surface area contributed by atoms with Crippen LogP contribution >= 0.6 is 0 Å². The van der Waals surface area contributed by atoms with Gasteiger partial charge in [-0.15, -0.1) is 0 Å². The lowest BCUT2D eigenvalue weighted by molar-refractivity contribution is 0.0686. The summed E-state index contributed by atoms with van der Waals surface area (Å²) in [7, 11) is 0. The quantitative estimate of drug-likeness (QED) is 0.828. The number of anilines is 1. The van der Waals surface area contributed by atoms with Crippen LogP contribution < -0.4 is 5.73 Å². The van der Waals surface area contributed by atoms with Crippen molar-refractivity contribution in [2.24, 2.45) is 0 Å². The summed E-state index contributed by atoms with van der Waals surface area (Å²) in [5.41, 5.74) is 8.50. The predicted octanol–water partition coefficient (Wildman–Crippen LogP) is 2.24. The smallest absolute Gasteiger partial charge is 0.358 e.